The van der Waals surface area contributed by atoms with Crippen LogP contribution >= 0.6 is 0 Å². The summed E-state index contributed by atoms with van der Waals surface area (Å²) in [5, 5.41) is 5.37. The van der Waals surface area contributed by atoms with E-state index in [9.17, 15) is 9.59 Å². The summed E-state index contributed by atoms with van der Waals surface area (Å²) in [6.45, 7) is 4.62. The van der Waals surface area contributed by atoms with Gasteiger partial charge in [0.2, 0.25) is 5.91 Å². The van der Waals surface area contributed by atoms with Crippen molar-refractivity contribution in [1.82, 2.24) is 10.6 Å². The molecule has 0 saturated carbocycles. The van der Waals surface area contributed by atoms with Gasteiger partial charge in [0, 0.05) is 12.1 Å². The number of unbranched alkanes of at least 4 members (excludes halogenated alkanes) is 1. The summed E-state index contributed by atoms with van der Waals surface area (Å²) in [7, 11) is 0. The standard InChI is InChI=1S/C14H20N2O2/c1-3-4-9-15-13(17)10-16-14(18)12-8-6-5-7-11(12)2/h5-8H,3-4,9-10H2,1-2H3,(H,15,17)(H,16,18). The van der Waals surface area contributed by atoms with Crippen LogP contribution in [0.3, 0.4) is 0 Å². The van der Waals surface area contributed by atoms with Crippen LogP contribution in [0.4, 0.5) is 0 Å². The predicted molar refractivity (Wildman–Crippen MR) is 71.4 cm³/mol. The van der Waals surface area contributed by atoms with Crippen molar-refractivity contribution < 1.29 is 9.59 Å². The third kappa shape index (κ3) is 4.57. The second-order valence-corrected chi connectivity index (χ2v) is 4.20. The predicted octanol–water partition coefficient (Wildman–Crippen LogP) is 1.64. The maximum absolute atomic E-state index is 11.8. The first kappa shape index (κ1) is 14.2. The van der Waals surface area contributed by atoms with E-state index in [0.29, 0.717) is 12.1 Å². The van der Waals surface area contributed by atoms with Crippen molar-refractivity contribution in [2.75, 3.05) is 13.1 Å². The van der Waals surface area contributed by atoms with Gasteiger partial charge in [-0.15, -0.1) is 0 Å². The molecule has 2 amide bonds. The number of rotatable bonds is 6. The fourth-order valence-corrected chi connectivity index (χ4v) is 1.55. The molecule has 4 nitrogen and oxygen atoms in total. The molecular weight excluding hydrogens is 228 g/mol. The number of carbonyl (C=O) groups excluding carboxylic acids is 2. The summed E-state index contributed by atoms with van der Waals surface area (Å²) in [5.74, 6) is -0.357. The van der Waals surface area contributed by atoms with Gasteiger partial charge < -0.3 is 10.6 Å². The van der Waals surface area contributed by atoms with E-state index in [1.165, 1.54) is 0 Å². The number of benzene rings is 1. The number of amides is 2. The van der Waals surface area contributed by atoms with Gasteiger partial charge in [0.25, 0.3) is 5.91 Å². The molecular formula is C14H20N2O2. The number of hydrogen-bond donors (Lipinski definition) is 2. The fourth-order valence-electron chi connectivity index (χ4n) is 1.55. The van der Waals surface area contributed by atoms with Crippen molar-refractivity contribution in [2.24, 2.45) is 0 Å². The Labute approximate surface area is 108 Å². The van der Waals surface area contributed by atoms with E-state index in [1.807, 2.05) is 25.1 Å². The first-order chi connectivity index (χ1) is 8.65. The molecule has 2 N–H and O–H groups in total. The quantitative estimate of drug-likeness (QED) is 0.752. The molecule has 0 saturated heterocycles. The molecule has 0 fully saturated rings. The summed E-state index contributed by atoms with van der Waals surface area (Å²) >= 11 is 0. The average molecular weight is 248 g/mol. The van der Waals surface area contributed by atoms with E-state index in [4.69, 9.17) is 0 Å². The summed E-state index contributed by atoms with van der Waals surface area (Å²) in [4.78, 5) is 23.2. The molecule has 0 aliphatic carbocycles. The summed E-state index contributed by atoms with van der Waals surface area (Å²) < 4.78 is 0. The lowest BCUT2D eigenvalue weighted by molar-refractivity contribution is -0.120. The molecule has 0 aliphatic rings. The molecule has 1 aromatic carbocycles. The minimum absolute atomic E-state index is 0.0247. The number of aryl methyl sites for hydroxylation is 1. The van der Waals surface area contributed by atoms with Gasteiger partial charge in [-0.05, 0) is 25.0 Å². The molecule has 0 bridgehead atoms. The largest absolute Gasteiger partial charge is 0.355 e. The van der Waals surface area contributed by atoms with Crippen LogP contribution in [0.1, 0.15) is 35.7 Å². The van der Waals surface area contributed by atoms with Crippen LogP contribution in [0.25, 0.3) is 0 Å². The first-order valence-corrected chi connectivity index (χ1v) is 6.25. The molecule has 0 atom stereocenters. The van der Waals surface area contributed by atoms with Crippen LogP contribution in [-0.2, 0) is 4.79 Å². The molecule has 0 radical (unpaired) electrons. The number of hydrogen-bond acceptors (Lipinski definition) is 2. The zero-order valence-electron chi connectivity index (χ0n) is 11.0. The molecule has 0 aromatic heterocycles. The molecule has 1 aromatic rings. The maximum atomic E-state index is 11.8. The van der Waals surface area contributed by atoms with Crippen molar-refractivity contribution >= 4 is 11.8 Å². The summed E-state index contributed by atoms with van der Waals surface area (Å²) in [5.41, 5.74) is 1.51. The van der Waals surface area contributed by atoms with E-state index >= 15 is 0 Å². The van der Waals surface area contributed by atoms with Crippen molar-refractivity contribution in [3.8, 4) is 0 Å². The van der Waals surface area contributed by atoms with Crippen LogP contribution in [-0.4, -0.2) is 24.9 Å². The molecule has 98 valence electrons. The monoisotopic (exact) mass is 248 g/mol. The lowest BCUT2D eigenvalue weighted by Crippen LogP contribution is -2.37. The Kier molecular flexibility index (Phi) is 5.91. The molecule has 1 rings (SSSR count). The Morgan fingerprint density at radius 3 is 2.56 bits per heavy atom. The Balaban J connectivity index is 2.38. The molecule has 18 heavy (non-hydrogen) atoms. The van der Waals surface area contributed by atoms with Crippen molar-refractivity contribution in [3.05, 3.63) is 35.4 Å². The third-order valence-corrected chi connectivity index (χ3v) is 2.65. The summed E-state index contributed by atoms with van der Waals surface area (Å²) in [6, 6.07) is 7.31. The second kappa shape index (κ2) is 7.48. The van der Waals surface area contributed by atoms with Crippen molar-refractivity contribution in [3.63, 3.8) is 0 Å². The Hall–Kier alpha value is -1.84. The van der Waals surface area contributed by atoms with E-state index in [2.05, 4.69) is 17.6 Å². The highest BCUT2D eigenvalue weighted by Gasteiger charge is 2.09. The molecule has 0 unspecified atom stereocenters. The Morgan fingerprint density at radius 2 is 1.89 bits per heavy atom. The smallest absolute Gasteiger partial charge is 0.251 e. The van der Waals surface area contributed by atoms with E-state index in [0.717, 1.165) is 18.4 Å². The van der Waals surface area contributed by atoms with E-state index in [-0.39, 0.29) is 18.4 Å². The number of carbonyl (C=O) groups is 2. The molecule has 0 spiro atoms. The van der Waals surface area contributed by atoms with Gasteiger partial charge in [-0.3, -0.25) is 9.59 Å². The van der Waals surface area contributed by atoms with Gasteiger partial charge in [0.15, 0.2) is 0 Å². The molecule has 0 heterocycles. The van der Waals surface area contributed by atoms with Crippen molar-refractivity contribution in [1.29, 1.82) is 0 Å². The zero-order valence-corrected chi connectivity index (χ0v) is 11.0. The maximum Gasteiger partial charge on any atom is 0.251 e. The Bertz CT molecular complexity index is 416. The zero-order chi connectivity index (χ0) is 13.4. The van der Waals surface area contributed by atoms with Crippen LogP contribution < -0.4 is 10.6 Å². The lowest BCUT2D eigenvalue weighted by atomic mass is 10.1. The van der Waals surface area contributed by atoms with Gasteiger partial charge in [-0.25, -0.2) is 0 Å². The fraction of sp³-hybridized carbons (Fsp3) is 0.429. The molecule has 0 aliphatic heterocycles. The SMILES string of the molecule is CCCCNC(=O)CNC(=O)c1ccccc1C. The van der Waals surface area contributed by atoms with Crippen LogP contribution in [0.15, 0.2) is 24.3 Å². The second-order valence-electron chi connectivity index (χ2n) is 4.20. The topological polar surface area (TPSA) is 58.2 Å². The highest BCUT2D eigenvalue weighted by molar-refractivity contribution is 5.97. The minimum atomic E-state index is -0.209. The van der Waals surface area contributed by atoms with Crippen molar-refractivity contribution in [2.45, 2.75) is 26.7 Å². The van der Waals surface area contributed by atoms with Gasteiger partial charge in [-0.1, -0.05) is 31.5 Å². The average Bonchev–Trinajstić information content (AvgIpc) is 2.37. The van der Waals surface area contributed by atoms with Crippen LogP contribution in [0.2, 0.25) is 0 Å². The normalized spacial score (nSPS) is 9.89. The lowest BCUT2D eigenvalue weighted by Gasteiger charge is -2.08. The minimum Gasteiger partial charge on any atom is -0.355 e. The highest BCUT2D eigenvalue weighted by atomic mass is 16.2. The van der Waals surface area contributed by atoms with E-state index < -0.39 is 0 Å². The van der Waals surface area contributed by atoms with E-state index in [1.54, 1.807) is 6.07 Å². The van der Waals surface area contributed by atoms with Gasteiger partial charge in [0.1, 0.15) is 0 Å². The molecule has 4 heteroatoms. The Morgan fingerprint density at radius 1 is 1.17 bits per heavy atom. The van der Waals surface area contributed by atoms with Gasteiger partial charge in [0.05, 0.1) is 6.54 Å². The first-order valence-electron chi connectivity index (χ1n) is 6.25. The van der Waals surface area contributed by atoms with Crippen LogP contribution in [0, 0.1) is 6.92 Å². The third-order valence-electron chi connectivity index (χ3n) is 2.65. The highest BCUT2D eigenvalue weighted by Crippen LogP contribution is 2.05. The van der Waals surface area contributed by atoms with Gasteiger partial charge >= 0.3 is 0 Å². The summed E-state index contributed by atoms with van der Waals surface area (Å²) in [6.07, 6.45) is 1.99. The van der Waals surface area contributed by atoms with Crippen LogP contribution in [0.5, 0.6) is 0 Å². The van der Waals surface area contributed by atoms with Gasteiger partial charge in [-0.2, -0.15) is 0 Å². The number of nitrogens with one attached hydrogen (secondary N) is 2.